The standard InChI is InChI=1S/C13H11Br2NOS/c14-10-5-3-6-12(16)9(10)8-18(17)13-7-2-1-4-11(13)15/h1-7H,8,16H2. The smallest absolute Gasteiger partial charge is 0.0586 e. The zero-order valence-electron chi connectivity index (χ0n) is 9.40. The van der Waals surface area contributed by atoms with Crippen LogP contribution in [0.4, 0.5) is 5.69 Å². The van der Waals surface area contributed by atoms with E-state index in [1.165, 1.54) is 0 Å². The van der Waals surface area contributed by atoms with Gasteiger partial charge in [0.25, 0.3) is 0 Å². The first-order valence-electron chi connectivity index (χ1n) is 5.25. The van der Waals surface area contributed by atoms with Crippen LogP contribution >= 0.6 is 31.9 Å². The maximum atomic E-state index is 12.3. The van der Waals surface area contributed by atoms with E-state index in [2.05, 4.69) is 31.9 Å². The topological polar surface area (TPSA) is 43.1 Å². The Morgan fingerprint density at radius 3 is 2.33 bits per heavy atom. The van der Waals surface area contributed by atoms with E-state index in [-0.39, 0.29) is 0 Å². The van der Waals surface area contributed by atoms with Crippen molar-refractivity contribution in [2.45, 2.75) is 10.6 Å². The van der Waals surface area contributed by atoms with Gasteiger partial charge in [-0.3, -0.25) is 4.21 Å². The van der Waals surface area contributed by atoms with E-state index in [1.54, 1.807) is 0 Å². The lowest BCUT2D eigenvalue weighted by Crippen LogP contribution is -2.02. The Balaban J connectivity index is 2.30. The Hall–Kier alpha value is -0.650. The molecule has 0 aliphatic rings. The van der Waals surface area contributed by atoms with Crippen molar-refractivity contribution >= 4 is 48.3 Å². The van der Waals surface area contributed by atoms with Crippen molar-refractivity contribution in [1.82, 2.24) is 0 Å². The second-order valence-corrected chi connectivity index (χ2v) is 6.86. The average Bonchev–Trinajstić information content (AvgIpc) is 2.34. The first kappa shape index (κ1) is 13.8. The zero-order valence-corrected chi connectivity index (χ0v) is 13.4. The first-order chi connectivity index (χ1) is 8.59. The molecule has 0 radical (unpaired) electrons. The van der Waals surface area contributed by atoms with Crippen molar-refractivity contribution in [2.24, 2.45) is 0 Å². The molecule has 5 heteroatoms. The highest BCUT2D eigenvalue weighted by molar-refractivity contribution is 9.10. The lowest BCUT2D eigenvalue weighted by Gasteiger charge is -2.09. The minimum absolute atomic E-state index is 0.399. The summed E-state index contributed by atoms with van der Waals surface area (Å²) >= 11 is 6.85. The molecule has 18 heavy (non-hydrogen) atoms. The summed E-state index contributed by atoms with van der Waals surface area (Å²) in [7, 11) is -1.12. The summed E-state index contributed by atoms with van der Waals surface area (Å²) in [5.41, 5.74) is 7.45. The molecule has 0 aromatic heterocycles. The minimum atomic E-state index is -1.12. The molecule has 1 unspecified atom stereocenters. The molecule has 0 saturated heterocycles. The summed E-state index contributed by atoms with van der Waals surface area (Å²) in [4.78, 5) is 0.785. The number of nitrogen functional groups attached to an aromatic ring is 1. The Kier molecular flexibility index (Phi) is 4.59. The molecule has 0 spiro atoms. The summed E-state index contributed by atoms with van der Waals surface area (Å²) in [6, 6.07) is 13.1. The molecule has 2 aromatic rings. The van der Waals surface area contributed by atoms with Crippen LogP contribution in [-0.2, 0) is 16.6 Å². The van der Waals surface area contributed by atoms with Gasteiger partial charge in [0.15, 0.2) is 0 Å². The predicted octanol–water partition coefficient (Wildman–Crippen LogP) is 4.10. The van der Waals surface area contributed by atoms with Gasteiger partial charge in [-0.05, 0) is 40.2 Å². The molecular formula is C13H11Br2NOS. The summed E-state index contributed by atoms with van der Waals surface area (Å²) in [5.74, 6) is 0.399. The van der Waals surface area contributed by atoms with Crippen LogP contribution in [0.15, 0.2) is 56.3 Å². The summed E-state index contributed by atoms with van der Waals surface area (Å²) < 4.78 is 14.1. The lowest BCUT2D eigenvalue weighted by atomic mass is 10.2. The van der Waals surface area contributed by atoms with Crippen LogP contribution in [0.1, 0.15) is 5.56 Å². The van der Waals surface area contributed by atoms with Gasteiger partial charge >= 0.3 is 0 Å². The highest BCUT2D eigenvalue weighted by Crippen LogP contribution is 2.27. The fourth-order valence-corrected chi connectivity index (χ4v) is 4.36. The van der Waals surface area contributed by atoms with Crippen molar-refractivity contribution in [3.8, 4) is 0 Å². The van der Waals surface area contributed by atoms with E-state index in [0.29, 0.717) is 11.4 Å². The summed E-state index contributed by atoms with van der Waals surface area (Å²) in [6.45, 7) is 0. The molecule has 0 bridgehead atoms. The number of benzene rings is 2. The van der Waals surface area contributed by atoms with E-state index in [1.807, 2.05) is 42.5 Å². The third-order valence-corrected chi connectivity index (χ3v) is 5.61. The average molecular weight is 389 g/mol. The highest BCUT2D eigenvalue weighted by atomic mass is 79.9. The molecule has 0 saturated carbocycles. The van der Waals surface area contributed by atoms with Crippen molar-refractivity contribution in [1.29, 1.82) is 0 Å². The van der Waals surface area contributed by atoms with Crippen LogP contribution in [0.2, 0.25) is 0 Å². The largest absolute Gasteiger partial charge is 0.398 e. The van der Waals surface area contributed by atoms with E-state index in [0.717, 1.165) is 19.4 Å². The van der Waals surface area contributed by atoms with Crippen molar-refractivity contribution < 1.29 is 4.21 Å². The fourth-order valence-electron chi connectivity index (χ4n) is 1.57. The van der Waals surface area contributed by atoms with Gasteiger partial charge < -0.3 is 5.73 Å². The lowest BCUT2D eigenvalue weighted by molar-refractivity contribution is 0.682. The van der Waals surface area contributed by atoms with Crippen LogP contribution in [0, 0.1) is 0 Å². The zero-order chi connectivity index (χ0) is 13.1. The summed E-state index contributed by atoms with van der Waals surface area (Å²) in [5, 5.41) is 0. The molecule has 2 aromatic carbocycles. The predicted molar refractivity (Wildman–Crippen MR) is 82.8 cm³/mol. The number of anilines is 1. The van der Waals surface area contributed by atoms with Gasteiger partial charge in [-0.15, -0.1) is 0 Å². The monoisotopic (exact) mass is 387 g/mol. The first-order valence-corrected chi connectivity index (χ1v) is 8.16. The molecule has 0 amide bonds. The quantitative estimate of drug-likeness (QED) is 0.804. The molecule has 0 aliphatic carbocycles. The van der Waals surface area contributed by atoms with E-state index < -0.39 is 10.8 Å². The molecule has 2 rings (SSSR count). The molecule has 0 fully saturated rings. The molecule has 2 N–H and O–H groups in total. The Morgan fingerprint density at radius 2 is 1.67 bits per heavy atom. The molecule has 0 heterocycles. The Labute approximate surface area is 125 Å². The molecule has 2 nitrogen and oxygen atoms in total. The van der Waals surface area contributed by atoms with Crippen molar-refractivity contribution in [3.63, 3.8) is 0 Å². The Bertz CT molecular complexity index is 581. The normalized spacial score (nSPS) is 12.3. The van der Waals surface area contributed by atoms with Gasteiger partial charge in [-0.2, -0.15) is 0 Å². The maximum Gasteiger partial charge on any atom is 0.0586 e. The van der Waals surface area contributed by atoms with E-state index >= 15 is 0 Å². The van der Waals surface area contributed by atoms with Gasteiger partial charge in [0.1, 0.15) is 0 Å². The maximum absolute atomic E-state index is 12.3. The number of halogens is 2. The van der Waals surface area contributed by atoms with Crippen LogP contribution in [0.25, 0.3) is 0 Å². The molecule has 94 valence electrons. The minimum Gasteiger partial charge on any atom is -0.398 e. The number of nitrogens with two attached hydrogens (primary N) is 1. The molecule has 0 aliphatic heterocycles. The van der Waals surface area contributed by atoms with Crippen LogP contribution in [-0.4, -0.2) is 4.21 Å². The molecule has 1 atom stereocenters. The van der Waals surface area contributed by atoms with Gasteiger partial charge in [0, 0.05) is 20.2 Å². The Morgan fingerprint density at radius 1 is 1.00 bits per heavy atom. The highest BCUT2D eigenvalue weighted by Gasteiger charge is 2.12. The van der Waals surface area contributed by atoms with E-state index in [4.69, 9.17) is 5.73 Å². The van der Waals surface area contributed by atoms with Gasteiger partial charge in [0.2, 0.25) is 0 Å². The van der Waals surface area contributed by atoms with Crippen molar-refractivity contribution in [3.05, 3.63) is 57.0 Å². The van der Waals surface area contributed by atoms with Crippen LogP contribution in [0.5, 0.6) is 0 Å². The third kappa shape index (κ3) is 3.02. The SMILES string of the molecule is Nc1cccc(Br)c1CS(=O)c1ccccc1Br. The van der Waals surface area contributed by atoms with Gasteiger partial charge in [-0.1, -0.05) is 34.1 Å². The van der Waals surface area contributed by atoms with Crippen LogP contribution < -0.4 is 5.73 Å². The number of rotatable bonds is 3. The third-order valence-electron chi connectivity index (χ3n) is 2.51. The summed E-state index contributed by atoms with van der Waals surface area (Å²) in [6.07, 6.45) is 0. The number of hydrogen-bond acceptors (Lipinski definition) is 2. The fraction of sp³-hybridized carbons (Fsp3) is 0.0769. The molecular weight excluding hydrogens is 378 g/mol. The number of hydrogen-bond donors (Lipinski definition) is 1. The second kappa shape index (κ2) is 5.99. The second-order valence-electron chi connectivity index (χ2n) is 3.73. The van der Waals surface area contributed by atoms with Gasteiger partial charge in [0.05, 0.1) is 21.4 Å². The van der Waals surface area contributed by atoms with Crippen molar-refractivity contribution in [2.75, 3.05) is 5.73 Å². The van der Waals surface area contributed by atoms with Gasteiger partial charge in [-0.25, -0.2) is 0 Å². The van der Waals surface area contributed by atoms with Crippen LogP contribution in [0.3, 0.4) is 0 Å². The van der Waals surface area contributed by atoms with E-state index in [9.17, 15) is 4.21 Å².